The van der Waals surface area contributed by atoms with Crippen LogP contribution in [0.15, 0.2) is 79.5 Å². The van der Waals surface area contributed by atoms with Gasteiger partial charge in [-0.1, -0.05) is 24.8 Å². The van der Waals surface area contributed by atoms with Gasteiger partial charge in [-0.15, -0.1) is 0 Å². The molecule has 2 heterocycles. The molecule has 0 atom stereocenters. The average Bonchev–Trinajstić information content (AvgIpc) is 3.28. The summed E-state index contributed by atoms with van der Waals surface area (Å²) in [5.74, 6) is -4.75. The molecule has 0 spiro atoms. The first kappa shape index (κ1) is 26.8. The number of benzene rings is 2. The van der Waals surface area contributed by atoms with Crippen molar-refractivity contribution in [2.75, 3.05) is 16.0 Å². The molecule has 4 rings (SSSR count). The van der Waals surface area contributed by atoms with Crippen molar-refractivity contribution in [3.63, 3.8) is 0 Å². The summed E-state index contributed by atoms with van der Waals surface area (Å²) in [6, 6.07) is 11.9. The van der Waals surface area contributed by atoms with Crippen LogP contribution < -0.4 is 16.0 Å². The van der Waals surface area contributed by atoms with Crippen molar-refractivity contribution >= 4 is 40.7 Å². The molecule has 2 aromatic heterocycles. The lowest BCUT2D eigenvalue weighted by Crippen LogP contribution is -2.28. The highest BCUT2D eigenvalue weighted by atomic mass is 19.4. The molecular weight excluding hydrogens is 522 g/mol. The largest absolute Gasteiger partial charge is 0.491 e. The highest BCUT2D eigenvalue weighted by Gasteiger charge is 2.42. The van der Waals surface area contributed by atoms with E-state index in [1.54, 1.807) is 42.3 Å². The summed E-state index contributed by atoms with van der Waals surface area (Å²) in [5.41, 5.74) is 2.10. The van der Waals surface area contributed by atoms with Crippen LogP contribution in [0.4, 0.5) is 46.4 Å². The van der Waals surface area contributed by atoms with Crippen LogP contribution in [-0.2, 0) is 21.4 Å². The van der Waals surface area contributed by atoms with E-state index in [0.29, 0.717) is 22.5 Å². The highest BCUT2D eigenvalue weighted by Crippen LogP contribution is 2.31. The Morgan fingerprint density at radius 2 is 1.74 bits per heavy atom. The molecule has 0 fully saturated rings. The van der Waals surface area contributed by atoms with Gasteiger partial charge >= 0.3 is 12.1 Å². The van der Waals surface area contributed by atoms with E-state index in [9.17, 15) is 27.2 Å². The molecule has 0 aliphatic rings. The summed E-state index contributed by atoms with van der Waals surface area (Å²) in [5, 5.41) is 12.5. The van der Waals surface area contributed by atoms with Crippen LogP contribution in [0.25, 0.3) is 11.1 Å². The van der Waals surface area contributed by atoms with Gasteiger partial charge in [0.15, 0.2) is 5.76 Å². The van der Waals surface area contributed by atoms with Crippen LogP contribution >= 0.6 is 0 Å². The number of hydrogen-bond acceptors (Lipinski definition) is 8. The number of aryl methyl sites for hydroxylation is 1. The molecule has 10 nitrogen and oxygen atoms in total. The molecule has 0 unspecified atom stereocenters. The standard InChI is InChI=1S/C25H19F4N7O3/c1-14(39-23(38)25(27,28)29)22(37)33-18-8-4-7-17(10-18)32-21-20(15-5-3-6-16(26)9-15)12-30-24(35-21)34-19-11-31-36(2)13-19/h3-13H,1H2,2H3,(H,33,37)(H2,30,32,34,35). The molecular formula is C25H19F4N7O3. The molecule has 14 heteroatoms. The maximum atomic E-state index is 13.9. The molecule has 2 aromatic carbocycles. The van der Waals surface area contributed by atoms with Gasteiger partial charge in [-0.25, -0.2) is 14.2 Å². The number of nitrogens with one attached hydrogen (secondary N) is 3. The molecule has 0 radical (unpaired) electrons. The van der Waals surface area contributed by atoms with E-state index in [2.05, 4.69) is 42.3 Å². The number of esters is 1. The number of aromatic nitrogens is 4. The Bertz CT molecular complexity index is 1550. The van der Waals surface area contributed by atoms with Crippen molar-refractivity contribution in [1.82, 2.24) is 19.7 Å². The number of rotatable bonds is 8. The van der Waals surface area contributed by atoms with Gasteiger partial charge in [-0.3, -0.25) is 9.48 Å². The summed E-state index contributed by atoms with van der Waals surface area (Å²) in [6.07, 6.45) is -0.506. The van der Waals surface area contributed by atoms with E-state index in [1.807, 2.05) is 0 Å². The predicted octanol–water partition coefficient (Wildman–Crippen LogP) is 5.06. The number of halogens is 4. The van der Waals surface area contributed by atoms with Crippen molar-refractivity contribution in [2.45, 2.75) is 6.18 Å². The van der Waals surface area contributed by atoms with Gasteiger partial charge in [0.25, 0.3) is 5.91 Å². The molecule has 39 heavy (non-hydrogen) atoms. The molecule has 0 bridgehead atoms. The van der Waals surface area contributed by atoms with Gasteiger partial charge in [0.05, 0.1) is 11.9 Å². The molecule has 0 saturated heterocycles. The molecule has 0 aliphatic carbocycles. The predicted molar refractivity (Wildman–Crippen MR) is 134 cm³/mol. The fraction of sp³-hybridized carbons (Fsp3) is 0.0800. The summed E-state index contributed by atoms with van der Waals surface area (Å²) in [4.78, 5) is 31.9. The summed E-state index contributed by atoms with van der Waals surface area (Å²) in [6.45, 7) is 3.06. The molecule has 200 valence electrons. The normalized spacial score (nSPS) is 11.0. The molecule has 3 N–H and O–H groups in total. The second-order valence-corrected chi connectivity index (χ2v) is 7.96. The zero-order chi connectivity index (χ0) is 28.2. The topological polar surface area (TPSA) is 123 Å². The number of alkyl halides is 3. The zero-order valence-corrected chi connectivity index (χ0v) is 20.1. The first-order valence-electron chi connectivity index (χ1n) is 11.0. The van der Waals surface area contributed by atoms with Gasteiger partial charge in [0.2, 0.25) is 5.95 Å². The van der Waals surface area contributed by atoms with Gasteiger partial charge in [0.1, 0.15) is 11.6 Å². The van der Waals surface area contributed by atoms with Gasteiger partial charge in [0, 0.05) is 36.4 Å². The van der Waals surface area contributed by atoms with Crippen LogP contribution in [0.3, 0.4) is 0 Å². The molecule has 1 amide bonds. The quantitative estimate of drug-likeness (QED) is 0.122. The fourth-order valence-corrected chi connectivity index (χ4v) is 3.25. The number of carbonyl (C=O) groups excluding carboxylic acids is 2. The van der Waals surface area contributed by atoms with Crippen LogP contribution in [0, 0.1) is 5.82 Å². The third-order valence-corrected chi connectivity index (χ3v) is 4.97. The van der Waals surface area contributed by atoms with E-state index >= 15 is 0 Å². The second-order valence-electron chi connectivity index (χ2n) is 7.96. The lowest BCUT2D eigenvalue weighted by atomic mass is 10.1. The van der Waals surface area contributed by atoms with Crippen molar-refractivity contribution in [2.24, 2.45) is 7.05 Å². The van der Waals surface area contributed by atoms with Crippen molar-refractivity contribution in [3.8, 4) is 11.1 Å². The number of ether oxygens (including phenoxy) is 1. The van der Waals surface area contributed by atoms with Crippen LogP contribution in [0.2, 0.25) is 0 Å². The Kier molecular flexibility index (Phi) is 7.56. The second kappa shape index (κ2) is 11.0. The molecule has 0 saturated carbocycles. The minimum Gasteiger partial charge on any atom is -0.415 e. The van der Waals surface area contributed by atoms with Crippen molar-refractivity contribution < 1.29 is 31.9 Å². The van der Waals surface area contributed by atoms with Gasteiger partial charge in [-0.05, 0) is 35.9 Å². The maximum Gasteiger partial charge on any atom is 0.491 e. The minimum atomic E-state index is -5.28. The number of carbonyl (C=O) groups is 2. The van der Waals surface area contributed by atoms with E-state index in [0.717, 1.165) is 0 Å². The Morgan fingerprint density at radius 1 is 1.00 bits per heavy atom. The van der Waals surface area contributed by atoms with Crippen LogP contribution in [-0.4, -0.2) is 37.8 Å². The maximum absolute atomic E-state index is 13.9. The lowest BCUT2D eigenvalue weighted by Gasteiger charge is -2.14. The Balaban J connectivity index is 1.58. The van der Waals surface area contributed by atoms with Crippen LogP contribution in [0.1, 0.15) is 0 Å². The van der Waals surface area contributed by atoms with E-state index in [4.69, 9.17) is 0 Å². The smallest absolute Gasteiger partial charge is 0.415 e. The number of hydrogen-bond donors (Lipinski definition) is 3. The number of anilines is 5. The van der Waals surface area contributed by atoms with E-state index in [1.165, 1.54) is 36.5 Å². The summed E-state index contributed by atoms with van der Waals surface area (Å²) in [7, 11) is 1.74. The minimum absolute atomic E-state index is 0.143. The highest BCUT2D eigenvalue weighted by molar-refractivity contribution is 6.03. The van der Waals surface area contributed by atoms with Crippen molar-refractivity contribution in [3.05, 3.63) is 85.3 Å². The van der Waals surface area contributed by atoms with Crippen LogP contribution in [0.5, 0.6) is 0 Å². The number of nitrogens with zero attached hydrogens (tertiary/aromatic N) is 4. The molecule has 0 aliphatic heterocycles. The monoisotopic (exact) mass is 541 g/mol. The first-order chi connectivity index (χ1) is 18.5. The zero-order valence-electron chi connectivity index (χ0n) is 20.1. The number of amides is 1. The average molecular weight is 541 g/mol. The SMILES string of the molecule is C=C(OC(=O)C(F)(F)F)C(=O)Nc1cccc(Nc2nc(Nc3cnn(C)c3)ncc2-c2cccc(F)c2)c1. The Labute approximate surface area is 218 Å². The Hall–Kier alpha value is -5.27. The fourth-order valence-electron chi connectivity index (χ4n) is 3.25. The molecule has 4 aromatic rings. The lowest BCUT2D eigenvalue weighted by molar-refractivity contribution is -0.195. The van der Waals surface area contributed by atoms with Crippen molar-refractivity contribution in [1.29, 1.82) is 0 Å². The van der Waals surface area contributed by atoms with E-state index < -0.39 is 29.6 Å². The summed E-state index contributed by atoms with van der Waals surface area (Å²) < 4.78 is 56.7. The third kappa shape index (κ3) is 6.94. The first-order valence-corrected chi connectivity index (χ1v) is 11.0. The van der Waals surface area contributed by atoms with Gasteiger partial charge < -0.3 is 20.7 Å². The van der Waals surface area contributed by atoms with Gasteiger partial charge in [-0.2, -0.15) is 23.3 Å². The van der Waals surface area contributed by atoms with E-state index in [-0.39, 0.29) is 17.5 Å². The summed E-state index contributed by atoms with van der Waals surface area (Å²) >= 11 is 0. The third-order valence-electron chi connectivity index (χ3n) is 4.97. The Morgan fingerprint density at radius 3 is 2.44 bits per heavy atom.